The van der Waals surface area contributed by atoms with E-state index in [0.29, 0.717) is 6.04 Å². The normalized spacial score (nSPS) is 16.7. The van der Waals surface area contributed by atoms with Crippen LogP contribution in [0.2, 0.25) is 0 Å². The number of nitrogens with one attached hydrogen (secondary N) is 1. The Kier molecular flexibility index (Phi) is 5.23. The van der Waals surface area contributed by atoms with E-state index in [-0.39, 0.29) is 0 Å². The molecule has 0 aromatic heterocycles. The minimum absolute atomic E-state index is 0.417. The van der Waals surface area contributed by atoms with Gasteiger partial charge in [-0.15, -0.1) is 0 Å². The van der Waals surface area contributed by atoms with Crippen molar-refractivity contribution in [1.82, 2.24) is 5.32 Å². The van der Waals surface area contributed by atoms with Crippen molar-refractivity contribution >= 4 is 15.9 Å². The fourth-order valence-electron chi connectivity index (χ4n) is 3.23. The number of ether oxygens (including phenoxy) is 2. The van der Waals surface area contributed by atoms with Crippen LogP contribution in [0.1, 0.15) is 35.6 Å². The molecule has 0 radical (unpaired) electrons. The zero-order valence-corrected chi connectivity index (χ0v) is 15.2. The Balaban J connectivity index is 1.77. The molecule has 0 bridgehead atoms. The third-order valence-corrected chi connectivity index (χ3v) is 5.20. The largest absolute Gasteiger partial charge is 0.493 e. The summed E-state index contributed by atoms with van der Waals surface area (Å²) in [5, 5.41) is 3.70. The molecule has 1 atom stereocenters. The zero-order valence-electron chi connectivity index (χ0n) is 13.6. The fourth-order valence-corrected chi connectivity index (χ4v) is 3.69. The maximum absolute atomic E-state index is 5.41. The summed E-state index contributed by atoms with van der Waals surface area (Å²) in [5.74, 6) is 1.50. The number of aryl methyl sites for hydroxylation is 1. The second kappa shape index (κ2) is 7.37. The highest BCUT2D eigenvalue weighted by Gasteiger charge is 2.19. The lowest BCUT2D eigenvalue weighted by Gasteiger charge is -2.26. The molecule has 1 aliphatic rings. The topological polar surface area (TPSA) is 30.5 Å². The second-order valence-electron chi connectivity index (χ2n) is 5.82. The molecule has 0 saturated heterocycles. The SMILES string of the molecule is COc1cc(Br)c(CN[C@@H]2CCCc3ccccc32)cc1OC. The molecule has 0 heterocycles. The van der Waals surface area contributed by atoms with Crippen LogP contribution in [0.15, 0.2) is 40.9 Å². The van der Waals surface area contributed by atoms with Crippen LogP contribution in [0.5, 0.6) is 11.5 Å². The molecule has 2 aromatic carbocycles. The van der Waals surface area contributed by atoms with Crippen LogP contribution >= 0.6 is 15.9 Å². The van der Waals surface area contributed by atoms with Gasteiger partial charge >= 0.3 is 0 Å². The molecule has 1 aliphatic carbocycles. The van der Waals surface area contributed by atoms with E-state index in [1.54, 1.807) is 14.2 Å². The van der Waals surface area contributed by atoms with Gasteiger partial charge in [0.2, 0.25) is 0 Å². The minimum Gasteiger partial charge on any atom is -0.493 e. The summed E-state index contributed by atoms with van der Waals surface area (Å²) in [6.07, 6.45) is 3.61. The first-order valence-corrected chi connectivity index (χ1v) is 8.74. The van der Waals surface area contributed by atoms with Gasteiger partial charge in [-0.2, -0.15) is 0 Å². The lowest BCUT2D eigenvalue weighted by Crippen LogP contribution is -2.25. The molecule has 3 rings (SSSR count). The van der Waals surface area contributed by atoms with Crippen LogP contribution in [0.25, 0.3) is 0 Å². The van der Waals surface area contributed by atoms with Gasteiger partial charge in [-0.3, -0.25) is 0 Å². The number of rotatable bonds is 5. The predicted octanol–water partition coefficient (Wildman–Crippen LogP) is 4.63. The highest BCUT2D eigenvalue weighted by molar-refractivity contribution is 9.10. The zero-order chi connectivity index (χ0) is 16.2. The standard InChI is InChI=1S/C19H22BrNO2/c1-22-18-10-14(16(20)11-19(18)23-2)12-21-17-9-5-7-13-6-3-4-8-15(13)17/h3-4,6,8,10-11,17,21H,5,7,9,12H2,1-2H3/t17-/m1/s1. The molecule has 23 heavy (non-hydrogen) atoms. The number of fused-ring (bicyclic) bond motifs is 1. The lowest BCUT2D eigenvalue weighted by molar-refractivity contribution is 0.354. The number of hydrogen-bond acceptors (Lipinski definition) is 3. The van der Waals surface area contributed by atoms with Crippen molar-refractivity contribution < 1.29 is 9.47 Å². The van der Waals surface area contributed by atoms with Gasteiger partial charge in [0.25, 0.3) is 0 Å². The first-order valence-electron chi connectivity index (χ1n) is 7.94. The monoisotopic (exact) mass is 375 g/mol. The van der Waals surface area contributed by atoms with E-state index in [4.69, 9.17) is 9.47 Å². The summed E-state index contributed by atoms with van der Waals surface area (Å²) in [5.41, 5.74) is 4.09. The number of hydrogen-bond donors (Lipinski definition) is 1. The van der Waals surface area contributed by atoms with Crippen LogP contribution in [0.3, 0.4) is 0 Å². The van der Waals surface area contributed by atoms with E-state index >= 15 is 0 Å². The Morgan fingerprint density at radius 1 is 1.13 bits per heavy atom. The number of methoxy groups -OCH3 is 2. The van der Waals surface area contributed by atoms with Gasteiger partial charge in [0.1, 0.15) is 0 Å². The van der Waals surface area contributed by atoms with Crippen LogP contribution in [0.4, 0.5) is 0 Å². The molecule has 2 aromatic rings. The van der Waals surface area contributed by atoms with E-state index in [0.717, 1.165) is 22.5 Å². The molecule has 0 fully saturated rings. The van der Waals surface area contributed by atoms with Crippen molar-refractivity contribution in [2.24, 2.45) is 0 Å². The molecule has 4 heteroatoms. The molecule has 122 valence electrons. The molecular formula is C19H22BrNO2. The average molecular weight is 376 g/mol. The van der Waals surface area contributed by atoms with E-state index in [1.807, 2.05) is 12.1 Å². The van der Waals surface area contributed by atoms with E-state index in [1.165, 1.54) is 36.0 Å². The maximum atomic E-state index is 5.41. The van der Waals surface area contributed by atoms with Gasteiger partial charge in [0.05, 0.1) is 14.2 Å². The molecular weight excluding hydrogens is 354 g/mol. The smallest absolute Gasteiger partial charge is 0.161 e. The first-order chi connectivity index (χ1) is 11.2. The highest BCUT2D eigenvalue weighted by Crippen LogP contribution is 2.34. The maximum Gasteiger partial charge on any atom is 0.161 e. The highest BCUT2D eigenvalue weighted by atomic mass is 79.9. The van der Waals surface area contributed by atoms with Crippen LogP contribution in [-0.2, 0) is 13.0 Å². The van der Waals surface area contributed by atoms with Gasteiger partial charge in [0, 0.05) is 17.1 Å². The third kappa shape index (κ3) is 3.54. The summed E-state index contributed by atoms with van der Waals surface area (Å²) >= 11 is 3.63. The van der Waals surface area contributed by atoms with Gasteiger partial charge in [-0.05, 0) is 48.1 Å². The van der Waals surface area contributed by atoms with E-state index in [9.17, 15) is 0 Å². The fraction of sp³-hybridized carbons (Fsp3) is 0.368. The summed E-state index contributed by atoms with van der Waals surface area (Å²) in [4.78, 5) is 0. The molecule has 1 N–H and O–H groups in total. The second-order valence-corrected chi connectivity index (χ2v) is 6.68. The Labute approximate surface area is 146 Å². The number of benzene rings is 2. The van der Waals surface area contributed by atoms with Crippen molar-refractivity contribution in [2.45, 2.75) is 31.8 Å². The predicted molar refractivity (Wildman–Crippen MR) is 96.2 cm³/mol. The van der Waals surface area contributed by atoms with Crippen molar-refractivity contribution in [3.8, 4) is 11.5 Å². The quantitative estimate of drug-likeness (QED) is 0.825. The van der Waals surface area contributed by atoms with Crippen LogP contribution in [-0.4, -0.2) is 14.2 Å². The minimum atomic E-state index is 0.417. The summed E-state index contributed by atoms with van der Waals surface area (Å²) in [6, 6.07) is 13.2. The molecule has 0 unspecified atom stereocenters. The molecule has 0 amide bonds. The summed E-state index contributed by atoms with van der Waals surface area (Å²) in [7, 11) is 3.32. The van der Waals surface area contributed by atoms with Gasteiger partial charge < -0.3 is 14.8 Å². The van der Waals surface area contributed by atoms with E-state index in [2.05, 4.69) is 45.5 Å². The average Bonchev–Trinajstić information content (AvgIpc) is 2.60. The van der Waals surface area contributed by atoms with Gasteiger partial charge in [-0.1, -0.05) is 40.2 Å². The summed E-state index contributed by atoms with van der Waals surface area (Å²) in [6.45, 7) is 0.792. The third-order valence-electron chi connectivity index (χ3n) is 4.46. The Hall–Kier alpha value is -1.52. The molecule has 0 aliphatic heterocycles. The Morgan fingerprint density at radius 2 is 1.87 bits per heavy atom. The molecule has 3 nitrogen and oxygen atoms in total. The first kappa shape index (κ1) is 16.3. The number of halogens is 1. The molecule has 0 saturated carbocycles. The molecule has 0 spiro atoms. The van der Waals surface area contributed by atoms with Gasteiger partial charge in [0.15, 0.2) is 11.5 Å². The van der Waals surface area contributed by atoms with Crippen molar-refractivity contribution in [2.75, 3.05) is 14.2 Å². The summed E-state index contributed by atoms with van der Waals surface area (Å²) < 4.78 is 11.8. The Bertz CT molecular complexity index is 687. The van der Waals surface area contributed by atoms with Crippen LogP contribution < -0.4 is 14.8 Å². The van der Waals surface area contributed by atoms with Gasteiger partial charge in [-0.25, -0.2) is 0 Å². The lowest BCUT2D eigenvalue weighted by atomic mass is 9.87. The Morgan fingerprint density at radius 3 is 2.65 bits per heavy atom. The van der Waals surface area contributed by atoms with Crippen LogP contribution in [0, 0.1) is 0 Å². The van der Waals surface area contributed by atoms with Crippen molar-refractivity contribution in [3.63, 3.8) is 0 Å². The van der Waals surface area contributed by atoms with Crippen molar-refractivity contribution in [3.05, 3.63) is 57.6 Å². The van der Waals surface area contributed by atoms with E-state index < -0.39 is 0 Å². The van der Waals surface area contributed by atoms with Crippen molar-refractivity contribution in [1.29, 1.82) is 0 Å².